The fraction of sp³-hybridized carbons (Fsp3) is 0.500. The minimum absolute atomic E-state index is 0.504. The molecule has 0 aliphatic rings. The van der Waals surface area contributed by atoms with Gasteiger partial charge in [0.25, 0.3) is 0 Å². The highest BCUT2D eigenvalue weighted by molar-refractivity contribution is 6.31. The van der Waals surface area contributed by atoms with E-state index in [0.29, 0.717) is 30.0 Å². The number of ether oxygens (including phenoxy) is 1. The molecule has 104 valence electrons. The summed E-state index contributed by atoms with van der Waals surface area (Å²) in [6.45, 7) is 6.49. The minimum Gasteiger partial charge on any atom is -0.380 e. The number of imidazole rings is 1. The molecule has 0 radical (unpaired) electrons. The highest BCUT2D eigenvalue weighted by atomic mass is 35.5. The van der Waals surface area contributed by atoms with E-state index in [0.717, 1.165) is 24.1 Å². The molecule has 2 rings (SSSR count). The first kappa shape index (κ1) is 14.2. The molecular formula is C14H20ClN3O. The summed E-state index contributed by atoms with van der Waals surface area (Å²) >= 11 is 6.01. The number of aromatic nitrogens is 2. The minimum atomic E-state index is 0.504. The highest BCUT2D eigenvalue weighted by Gasteiger charge is 2.08. The lowest BCUT2D eigenvalue weighted by Crippen LogP contribution is -2.10. The molecule has 1 heterocycles. The van der Waals surface area contributed by atoms with E-state index in [2.05, 4.69) is 18.8 Å². The molecule has 0 saturated carbocycles. The van der Waals surface area contributed by atoms with Crippen LogP contribution in [0.2, 0.25) is 5.02 Å². The van der Waals surface area contributed by atoms with Gasteiger partial charge < -0.3 is 15.0 Å². The molecule has 0 amide bonds. The van der Waals surface area contributed by atoms with Crippen molar-refractivity contribution in [2.24, 2.45) is 5.92 Å². The van der Waals surface area contributed by atoms with Gasteiger partial charge in [-0.1, -0.05) is 25.4 Å². The van der Waals surface area contributed by atoms with E-state index < -0.39 is 0 Å². The summed E-state index contributed by atoms with van der Waals surface area (Å²) in [5.41, 5.74) is 7.74. The fourth-order valence-corrected chi connectivity index (χ4v) is 2.09. The number of halogens is 1. The molecule has 5 heteroatoms. The van der Waals surface area contributed by atoms with E-state index in [1.54, 1.807) is 0 Å². The second kappa shape index (κ2) is 6.26. The molecule has 19 heavy (non-hydrogen) atoms. The van der Waals surface area contributed by atoms with E-state index in [-0.39, 0.29) is 0 Å². The second-order valence-electron chi connectivity index (χ2n) is 5.05. The SMILES string of the molecule is CC(C)CCOCCn1c(N)nc2ccc(Cl)cc21. The van der Waals surface area contributed by atoms with Crippen molar-refractivity contribution in [3.05, 3.63) is 23.2 Å². The third-order valence-corrected chi connectivity index (χ3v) is 3.27. The molecule has 4 nitrogen and oxygen atoms in total. The van der Waals surface area contributed by atoms with Gasteiger partial charge in [0.15, 0.2) is 0 Å². The Hall–Kier alpha value is -1.26. The van der Waals surface area contributed by atoms with Gasteiger partial charge >= 0.3 is 0 Å². The van der Waals surface area contributed by atoms with Crippen LogP contribution in [0, 0.1) is 5.92 Å². The van der Waals surface area contributed by atoms with Gasteiger partial charge in [-0.05, 0) is 30.5 Å². The van der Waals surface area contributed by atoms with Crippen molar-refractivity contribution >= 4 is 28.6 Å². The third kappa shape index (κ3) is 3.61. The van der Waals surface area contributed by atoms with Gasteiger partial charge in [-0.3, -0.25) is 0 Å². The van der Waals surface area contributed by atoms with Gasteiger partial charge in [-0.2, -0.15) is 0 Å². The zero-order valence-corrected chi connectivity index (χ0v) is 12.2. The van der Waals surface area contributed by atoms with E-state index >= 15 is 0 Å². The molecular weight excluding hydrogens is 262 g/mol. The zero-order valence-electron chi connectivity index (χ0n) is 11.4. The van der Waals surface area contributed by atoms with Crippen molar-refractivity contribution < 1.29 is 4.74 Å². The number of nitrogen functional groups attached to an aromatic ring is 1. The van der Waals surface area contributed by atoms with Gasteiger partial charge in [0.1, 0.15) is 0 Å². The van der Waals surface area contributed by atoms with Crippen LogP contribution in [-0.4, -0.2) is 22.8 Å². The molecule has 0 aliphatic carbocycles. The molecule has 1 aromatic carbocycles. The van der Waals surface area contributed by atoms with E-state index in [1.165, 1.54) is 0 Å². The number of nitrogens with two attached hydrogens (primary N) is 1. The number of benzene rings is 1. The predicted molar refractivity (Wildman–Crippen MR) is 79.4 cm³/mol. The number of hydrogen-bond acceptors (Lipinski definition) is 3. The molecule has 0 aliphatic heterocycles. The van der Waals surface area contributed by atoms with E-state index in [9.17, 15) is 0 Å². The van der Waals surface area contributed by atoms with E-state index in [4.69, 9.17) is 22.1 Å². The Balaban J connectivity index is 2.00. The first-order valence-electron chi connectivity index (χ1n) is 6.57. The van der Waals surface area contributed by atoms with Crippen LogP contribution in [0.1, 0.15) is 20.3 Å². The number of anilines is 1. The number of rotatable bonds is 6. The van der Waals surface area contributed by atoms with Crippen molar-refractivity contribution in [3.63, 3.8) is 0 Å². The molecule has 0 atom stereocenters. The zero-order chi connectivity index (χ0) is 13.8. The largest absolute Gasteiger partial charge is 0.380 e. The Labute approximate surface area is 118 Å². The maximum atomic E-state index is 6.01. The average molecular weight is 282 g/mol. The number of fused-ring (bicyclic) bond motifs is 1. The molecule has 0 spiro atoms. The molecule has 0 fully saturated rings. The highest BCUT2D eigenvalue weighted by Crippen LogP contribution is 2.21. The molecule has 0 saturated heterocycles. The maximum absolute atomic E-state index is 6.01. The molecule has 0 bridgehead atoms. The van der Waals surface area contributed by atoms with Crippen LogP contribution in [-0.2, 0) is 11.3 Å². The maximum Gasteiger partial charge on any atom is 0.201 e. The second-order valence-corrected chi connectivity index (χ2v) is 5.49. The van der Waals surface area contributed by atoms with Gasteiger partial charge in [0.2, 0.25) is 5.95 Å². The van der Waals surface area contributed by atoms with Crippen LogP contribution in [0.3, 0.4) is 0 Å². The lowest BCUT2D eigenvalue weighted by atomic mass is 10.1. The first-order valence-corrected chi connectivity index (χ1v) is 6.94. The molecule has 2 N–H and O–H groups in total. The average Bonchev–Trinajstić information content (AvgIpc) is 2.65. The smallest absolute Gasteiger partial charge is 0.201 e. The Morgan fingerprint density at radius 2 is 2.16 bits per heavy atom. The van der Waals surface area contributed by atoms with E-state index in [1.807, 2.05) is 22.8 Å². The van der Waals surface area contributed by atoms with Crippen LogP contribution in [0.4, 0.5) is 5.95 Å². The van der Waals surface area contributed by atoms with Crippen molar-refractivity contribution in [2.45, 2.75) is 26.8 Å². The summed E-state index contributed by atoms with van der Waals surface area (Å²) in [5.74, 6) is 1.17. The topological polar surface area (TPSA) is 53.1 Å². The van der Waals surface area contributed by atoms with Crippen LogP contribution in [0.25, 0.3) is 11.0 Å². The Bertz CT molecular complexity index is 551. The summed E-state index contributed by atoms with van der Waals surface area (Å²) in [4.78, 5) is 4.31. The number of hydrogen-bond donors (Lipinski definition) is 1. The molecule has 0 unspecified atom stereocenters. The van der Waals surface area contributed by atoms with Crippen LogP contribution < -0.4 is 5.73 Å². The van der Waals surface area contributed by atoms with Crippen molar-refractivity contribution in [1.82, 2.24) is 9.55 Å². The quantitative estimate of drug-likeness (QED) is 0.826. The van der Waals surface area contributed by atoms with Gasteiger partial charge in [-0.25, -0.2) is 4.98 Å². The van der Waals surface area contributed by atoms with Crippen molar-refractivity contribution in [2.75, 3.05) is 18.9 Å². The monoisotopic (exact) mass is 281 g/mol. The standard InChI is InChI=1S/C14H20ClN3O/c1-10(2)5-7-19-8-6-18-13-9-11(15)3-4-12(13)17-14(18)16/h3-4,9-10H,5-8H2,1-2H3,(H2,16,17). The summed E-state index contributed by atoms with van der Waals surface area (Å²) in [5, 5.41) is 0.689. The Morgan fingerprint density at radius 3 is 2.89 bits per heavy atom. The summed E-state index contributed by atoms with van der Waals surface area (Å²) in [7, 11) is 0. The predicted octanol–water partition coefficient (Wildman–Crippen LogP) is 3.33. The van der Waals surface area contributed by atoms with Crippen molar-refractivity contribution in [1.29, 1.82) is 0 Å². The Morgan fingerprint density at radius 1 is 1.37 bits per heavy atom. The van der Waals surface area contributed by atoms with Crippen LogP contribution >= 0.6 is 11.6 Å². The molecule has 2 aromatic rings. The lowest BCUT2D eigenvalue weighted by Gasteiger charge is -2.09. The fourth-order valence-electron chi connectivity index (χ4n) is 1.93. The van der Waals surface area contributed by atoms with Gasteiger partial charge in [0.05, 0.1) is 17.6 Å². The summed E-state index contributed by atoms with van der Waals surface area (Å²) in [6.07, 6.45) is 1.08. The van der Waals surface area contributed by atoms with Crippen LogP contribution in [0.15, 0.2) is 18.2 Å². The summed E-state index contributed by atoms with van der Waals surface area (Å²) in [6, 6.07) is 5.58. The first-order chi connectivity index (χ1) is 9.08. The number of nitrogens with zero attached hydrogens (tertiary/aromatic N) is 2. The Kier molecular flexibility index (Phi) is 4.66. The van der Waals surface area contributed by atoms with Crippen LogP contribution in [0.5, 0.6) is 0 Å². The normalized spacial score (nSPS) is 11.6. The lowest BCUT2D eigenvalue weighted by molar-refractivity contribution is 0.117. The van der Waals surface area contributed by atoms with Gasteiger partial charge in [-0.15, -0.1) is 0 Å². The summed E-state index contributed by atoms with van der Waals surface area (Å²) < 4.78 is 7.56. The molecule has 1 aromatic heterocycles. The third-order valence-electron chi connectivity index (χ3n) is 3.04. The van der Waals surface area contributed by atoms with Crippen molar-refractivity contribution in [3.8, 4) is 0 Å². The van der Waals surface area contributed by atoms with Gasteiger partial charge in [0, 0.05) is 18.2 Å².